The van der Waals surface area contributed by atoms with E-state index in [1.54, 1.807) is 11.1 Å². The summed E-state index contributed by atoms with van der Waals surface area (Å²) >= 11 is 5.67. The van der Waals surface area contributed by atoms with Crippen LogP contribution in [0.1, 0.15) is 42.7 Å². The van der Waals surface area contributed by atoms with Crippen molar-refractivity contribution in [3.63, 3.8) is 0 Å². The van der Waals surface area contributed by atoms with E-state index in [9.17, 15) is 0 Å². The van der Waals surface area contributed by atoms with E-state index in [0.29, 0.717) is 0 Å². The Bertz CT molecular complexity index is 337. The molecule has 0 bridgehead atoms. The van der Waals surface area contributed by atoms with Gasteiger partial charge < -0.3 is 5.32 Å². The van der Waals surface area contributed by atoms with E-state index in [0.717, 1.165) is 31.3 Å². The summed E-state index contributed by atoms with van der Waals surface area (Å²) in [5, 5.41) is 3.57. The summed E-state index contributed by atoms with van der Waals surface area (Å²) in [4.78, 5) is 0. The molecule has 0 aliphatic heterocycles. The summed E-state index contributed by atoms with van der Waals surface area (Å²) < 4.78 is 0. The van der Waals surface area contributed by atoms with Crippen molar-refractivity contribution in [3.05, 3.63) is 35.4 Å². The Hall–Kier alpha value is -0.530. The maximum Gasteiger partial charge on any atom is 0.0223 e. The van der Waals surface area contributed by atoms with Crippen molar-refractivity contribution in [2.75, 3.05) is 19.0 Å². The first-order chi connectivity index (χ1) is 8.42. The van der Waals surface area contributed by atoms with Crippen LogP contribution in [0.15, 0.2) is 24.3 Å². The molecule has 1 unspecified atom stereocenters. The molecule has 1 nitrogen and oxygen atoms in total. The third-order valence-corrected chi connectivity index (χ3v) is 3.89. The van der Waals surface area contributed by atoms with Crippen LogP contribution < -0.4 is 5.32 Å². The summed E-state index contributed by atoms with van der Waals surface area (Å²) in [5.41, 5.74) is 3.13. The van der Waals surface area contributed by atoms with Crippen molar-refractivity contribution < 1.29 is 0 Å². The number of hydrogen-bond acceptors (Lipinski definition) is 1. The van der Waals surface area contributed by atoms with Gasteiger partial charge in [-0.2, -0.15) is 0 Å². The van der Waals surface area contributed by atoms with Crippen molar-refractivity contribution in [2.24, 2.45) is 0 Å². The number of aryl methyl sites for hydroxylation is 1. The Kier molecular flexibility index (Phi) is 5.34. The summed E-state index contributed by atoms with van der Waals surface area (Å²) in [6.07, 6.45) is 6.25. The van der Waals surface area contributed by atoms with Gasteiger partial charge in [-0.05, 0) is 55.7 Å². The van der Waals surface area contributed by atoms with E-state index < -0.39 is 0 Å². The number of halogens is 1. The quantitative estimate of drug-likeness (QED) is 0.600. The molecule has 0 saturated heterocycles. The molecule has 1 N–H and O–H groups in total. The van der Waals surface area contributed by atoms with Crippen molar-refractivity contribution in [3.8, 4) is 0 Å². The highest BCUT2D eigenvalue weighted by atomic mass is 35.5. The fourth-order valence-corrected chi connectivity index (χ4v) is 2.88. The average Bonchev–Trinajstić information content (AvgIpc) is 2.39. The predicted molar refractivity (Wildman–Crippen MR) is 74.9 cm³/mol. The minimum Gasteiger partial charge on any atom is -0.316 e. The largest absolute Gasteiger partial charge is 0.316 e. The highest BCUT2D eigenvalue weighted by Gasteiger charge is 2.18. The molecule has 2 heteroatoms. The van der Waals surface area contributed by atoms with Gasteiger partial charge in [-0.25, -0.2) is 0 Å². The molecule has 0 fully saturated rings. The van der Waals surface area contributed by atoms with Crippen molar-refractivity contribution in [1.29, 1.82) is 0 Å². The number of rotatable bonds is 6. The molecule has 1 atom stereocenters. The van der Waals surface area contributed by atoms with Crippen molar-refractivity contribution >= 4 is 11.6 Å². The standard InChI is InChI=1S/C15H22ClN/c16-10-3-4-11-17-12-14-8-5-7-13-6-1-2-9-15(13)14/h1-2,6,9,14,17H,3-5,7-8,10-12H2. The van der Waals surface area contributed by atoms with E-state index in [1.165, 1.54) is 25.7 Å². The molecule has 0 aromatic heterocycles. The van der Waals surface area contributed by atoms with Crippen molar-refractivity contribution in [2.45, 2.75) is 38.0 Å². The highest BCUT2D eigenvalue weighted by molar-refractivity contribution is 6.17. The van der Waals surface area contributed by atoms with Crippen molar-refractivity contribution in [1.82, 2.24) is 5.32 Å². The first-order valence-electron chi connectivity index (χ1n) is 6.76. The number of unbranched alkanes of at least 4 members (excludes halogenated alkanes) is 1. The summed E-state index contributed by atoms with van der Waals surface area (Å²) in [6, 6.07) is 8.92. The van der Waals surface area contributed by atoms with Crippen LogP contribution in [0.3, 0.4) is 0 Å². The van der Waals surface area contributed by atoms with Gasteiger partial charge in [0.2, 0.25) is 0 Å². The van der Waals surface area contributed by atoms with E-state index in [4.69, 9.17) is 11.6 Å². The normalized spacial score (nSPS) is 19.0. The van der Waals surface area contributed by atoms with Crippen LogP contribution in [0.4, 0.5) is 0 Å². The van der Waals surface area contributed by atoms with E-state index in [1.807, 2.05) is 0 Å². The second-order valence-corrected chi connectivity index (χ2v) is 5.27. The minimum atomic E-state index is 0.718. The Morgan fingerprint density at radius 3 is 3.00 bits per heavy atom. The summed E-state index contributed by atoms with van der Waals surface area (Å²) in [7, 11) is 0. The zero-order valence-corrected chi connectivity index (χ0v) is 11.2. The van der Waals surface area contributed by atoms with Crippen LogP contribution in [0.5, 0.6) is 0 Å². The number of fused-ring (bicyclic) bond motifs is 1. The van der Waals surface area contributed by atoms with Gasteiger partial charge in [-0.3, -0.25) is 0 Å². The van der Waals surface area contributed by atoms with Gasteiger partial charge in [0.25, 0.3) is 0 Å². The number of alkyl halides is 1. The van der Waals surface area contributed by atoms with E-state index >= 15 is 0 Å². The molecular formula is C15H22ClN. The first-order valence-corrected chi connectivity index (χ1v) is 7.29. The van der Waals surface area contributed by atoms with Gasteiger partial charge in [0.15, 0.2) is 0 Å². The average molecular weight is 252 g/mol. The number of benzene rings is 1. The SMILES string of the molecule is ClCCCCNCC1CCCc2ccccc21. The van der Waals surface area contributed by atoms with E-state index in [-0.39, 0.29) is 0 Å². The Morgan fingerprint density at radius 2 is 2.12 bits per heavy atom. The Morgan fingerprint density at radius 1 is 1.24 bits per heavy atom. The summed E-state index contributed by atoms with van der Waals surface area (Å²) in [6.45, 7) is 2.23. The Balaban J connectivity index is 1.82. The lowest BCUT2D eigenvalue weighted by Gasteiger charge is -2.25. The third kappa shape index (κ3) is 3.72. The number of nitrogens with one attached hydrogen (secondary N) is 1. The van der Waals surface area contributed by atoms with Gasteiger partial charge in [-0.15, -0.1) is 11.6 Å². The molecule has 0 spiro atoms. The lowest BCUT2D eigenvalue weighted by Crippen LogP contribution is -2.25. The Labute approximate surface area is 110 Å². The topological polar surface area (TPSA) is 12.0 Å². The van der Waals surface area contributed by atoms with Crippen LogP contribution in [0.25, 0.3) is 0 Å². The van der Waals surface area contributed by atoms with Crippen LogP contribution in [-0.2, 0) is 6.42 Å². The lowest BCUT2D eigenvalue weighted by molar-refractivity contribution is 0.502. The van der Waals surface area contributed by atoms with Gasteiger partial charge >= 0.3 is 0 Å². The second kappa shape index (κ2) is 7.03. The molecule has 0 radical (unpaired) electrons. The summed E-state index contributed by atoms with van der Waals surface area (Å²) in [5.74, 6) is 1.50. The van der Waals surface area contributed by atoms with Gasteiger partial charge in [0, 0.05) is 12.4 Å². The fraction of sp³-hybridized carbons (Fsp3) is 0.600. The molecule has 0 amide bonds. The molecule has 1 aliphatic carbocycles. The molecule has 1 aromatic carbocycles. The monoisotopic (exact) mass is 251 g/mol. The molecule has 2 rings (SSSR count). The second-order valence-electron chi connectivity index (χ2n) is 4.89. The maximum absolute atomic E-state index is 5.67. The molecular weight excluding hydrogens is 230 g/mol. The minimum absolute atomic E-state index is 0.718. The van der Waals surface area contributed by atoms with Crippen LogP contribution in [0.2, 0.25) is 0 Å². The molecule has 17 heavy (non-hydrogen) atoms. The highest BCUT2D eigenvalue weighted by Crippen LogP contribution is 2.30. The zero-order chi connectivity index (χ0) is 11.9. The zero-order valence-electron chi connectivity index (χ0n) is 10.4. The van der Waals surface area contributed by atoms with Crippen LogP contribution in [0, 0.1) is 0 Å². The van der Waals surface area contributed by atoms with Crippen LogP contribution >= 0.6 is 11.6 Å². The molecule has 1 aromatic rings. The first kappa shape index (κ1) is 12.9. The lowest BCUT2D eigenvalue weighted by atomic mass is 9.83. The smallest absolute Gasteiger partial charge is 0.0223 e. The molecule has 94 valence electrons. The van der Waals surface area contributed by atoms with Gasteiger partial charge in [-0.1, -0.05) is 24.3 Å². The predicted octanol–water partition coefficient (Wildman–Crippen LogP) is 3.72. The number of hydrogen-bond donors (Lipinski definition) is 1. The molecule has 0 heterocycles. The van der Waals surface area contributed by atoms with Gasteiger partial charge in [0.1, 0.15) is 0 Å². The molecule has 1 aliphatic rings. The molecule has 0 saturated carbocycles. The van der Waals surface area contributed by atoms with Gasteiger partial charge in [0.05, 0.1) is 0 Å². The fourth-order valence-electron chi connectivity index (χ4n) is 2.69. The maximum atomic E-state index is 5.67. The van der Waals surface area contributed by atoms with Crippen LogP contribution in [-0.4, -0.2) is 19.0 Å². The third-order valence-electron chi connectivity index (χ3n) is 3.62. The van der Waals surface area contributed by atoms with E-state index in [2.05, 4.69) is 29.6 Å².